The summed E-state index contributed by atoms with van der Waals surface area (Å²) in [6.07, 6.45) is 3.64. The highest BCUT2D eigenvalue weighted by molar-refractivity contribution is 6.31. The van der Waals surface area contributed by atoms with Crippen LogP contribution in [0.1, 0.15) is 54.2 Å². The molecule has 4 N–H and O–H groups in total. The van der Waals surface area contributed by atoms with Crippen LogP contribution in [0.2, 0.25) is 5.02 Å². The molecule has 2 aliphatic carbocycles. The van der Waals surface area contributed by atoms with Gasteiger partial charge in [-0.3, -0.25) is 9.59 Å². The van der Waals surface area contributed by atoms with E-state index in [1.807, 2.05) is 0 Å². The number of nitrogens with zero attached hydrogens (tertiary/aromatic N) is 3. The fourth-order valence-corrected chi connectivity index (χ4v) is 6.08. The first-order valence-electron chi connectivity index (χ1n) is 14.6. The molecular weight excluding hydrogens is 608 g/mol. The summed E-state index contributed by atoms with van der Waals surface area (Å²) in [5, 5.41) is 19.8. The van der Waals surface area contributed by atoms with E-state index in [9.17, 15) is 23.5 Å². The van der Waals surface area contributed by atoms with Gasteiger partial charge in [0.2, 0.25) is 11.7 Å². The molecule has 45 heavy (non-hydrogen) atoms. The number of ether oxygens (including phenoxy) is 2. The van der Waals surface area contributed by atoms with Crippen molar-refractivity contribution in [1.29, 1.82) is 0 Å². The summed E-state index contributed by atoms with van der Waals surface area (Å²) in [6, 6.07) is 8.78. The lowest BCUT2D eigenvalue weighted by atomic mass is 9.81. The lowest BCUT2D eigenvalue weighted by molar-refractivity contribution is -0.123. The number of pyridine rings is 1. The van der Waals surface area contributed by atoms with Crippen LogP contribution in [0.25, 0.3) is 22.2 Å². The third kappa shape index (κ3) is 4.78. The molecular formula is C32H30ClF2N5O5. The smallest absolute Gasteiger partial charge is 0.251 e. The van der Waals surface area contributed by atoms with Crippen molar-refractivity contribution >= 4 is 34.3 Å². The average molecular weight is 638 g/mol. The van der Waals surface area contributed by atoms with Crippen LogP contribution < -0.4 is 20.5 Å². The molecule has 2 aromatic heterocycles. The van der Waals surface area contributed by atoms with Crippen molar-refractivity contribution in [3.63, 3.8) is 0 Å². The second-order valence-corrected chi connectivity index (χ2v) is 12.7. The zero-order valence-electron chi connectivity index (χ0n) is 24.5. The maximum atomic E-state index is 14.7. The Hall–Kier alpha value is -4.29. The molecule has 3 aliphatic rings. The number of alkyl halides is 1. The van der Waals surface area contributed by atoms with Crippen LogP contribution in [0.15, 0.2) is 42.6 Å². The number of nitrogens with two attached hydrogens (primary N) is 1. The standard InChI is InChI=1S/C32H30ClF2N5O5/c1-30(29(36)42)15-45-27-20(30)12-24(38-26(27)16-3-6-22(34)21(33)10-16)32(43,19-4-5-19)14-37-28(41)17-9-18-13-40(31(35)7-8-31)39-25(18)23(11-17)44-2/h3,6,9-13,19,43H,4-5,7-8,14-15H2,1-2H3,(H2,36,42)(H,37,41)/t30-,32+/m0/s1. The van der Waals surface area contributed by atoms with Gasteiger partial charge in [0.05, 0.1) is 24.4 Å². The molecule has 0 saturated heterocycles. The van der Waals surface area contributed by atoms with Crippen LogP contribution in [-0.2, 0) is 21.6 Å². The van der Waals surface area contributed by atoms with E-state index in [0.717, 1.165) is 0 Å². The highest BCUT2D eigenvalue weighted by Gasteiger charge is 2.50. The summed E-state index contributed by atoms with van der Waals surface area (Å²) in [5.41, 5.74) is 4.89. The van der Waals surface area contributed by atoms with Crippen LogP contribution in [0.4, 0.5) is 8.78 Å². The molecule has 2 aromatic carbocycles. The highest BCUT2D eigenvalue weighted by Crippen LogP contribution is 2.50. The molecule has 0 unspecified atom stereocenters. The van der Waals surface area contributed by atoms with Crippen LogP contribution >= 0.6 is 11.6 Å². The maximum absolute atomic E-state index is 14.7. The first-order valence-corrected chi connectivity index (χ1v) is 15.0. The zero-order chi connectivity index (χ0) is 31.9. The van der Waals surface area contributed by atoms with Crippen molar-refractivity contribution in [2.75, 3.05) is 20.3 Å². The number of methoxy groups -OCH3 is 1. The molecule has 7 rings (SSSR count). The predicted octanol–water partition coefficient (Wildman–Crippen LogP) is 4.48. The van der Waals surface area contributed by atoms with Gasteiger partial charge in [-0.2, -0.15) is 5.10 Å². The number of carbonyl (C=O) groups is 2. The summed E-state index contributed by atoms with van der Waals surface area (Å²) < 4.78 is 41.4. The highest BCUT2D eigenvalue weighted by atomic mass is 35.5. The minimum atomic E-state index is -1.64. The molecule has 1 aliphatic heterocycles. The van der Waals surface area contributed by atoms with E-state index in [2.05, 4.69) is 10.4 Å². The van der Waals surface area contributed by atoms with Crippen LogP contribution in [0.3, 0.4) is 0 Å². The van der Waals surface area contributed by atoms with Gasteiger partial charge in [-0.15, -0.1) is 0 Å². The van der Waals surface area contributed by atoms with Crippen molar-refractivity contribution < 1.29 is 33.0 Å². The molecule has 10 nitrogen and oxygen atoms in total. The van der Waals surface area contributed by atoms with Gasteiger partial charge >= 0.3 is 0 Å². The molecule has 3 heterocycles. The lowest BCUT2D eigenvalue weighted by Crippen LogP contribution is -2.44. The van der Waals surface area contributed by atoms with Gasteiger partial charge < -0.3 is 25.6 Å². The Morgan fingerprint density at radius 1 is 1.27 bits per heavy atom. The van der Waals surface area contributed by atoms with Gasteiger partial charge in [-0.25, -0.2) is 18.4 Å². The molecule has 0 radical (unpaired) electrons. The monoisotopic (exact) mass is 637 g/mol. The van der Waals surface area contributed by atoms with E-state index in [-0.39, 0.29) is 46.8 Å². The molecule has 0 bridgehead atoms. The summed E-state index contributed by atoms with van der Waals surface area (Å²) >= 11 is 6.09. The number of rotatable bonds is 9. The minimum Gasteiger partial charge on any atom is -0.494 e. The number of benzene rings is 2. The van der Waals surface area contributed by atoms with E-state index >= 15 is 0 Å². The Morgan fingerprint density at radius 3 is 2.67 bits per heavy atom. The van der Waals surface area contributed by atoms with Crippen LogP contribution in [-0.4, -0.2) is 51.9 Å². The molecule has 2 saturated carbocycles. The summed E-state index contributed by atoms with van der Waals surface area (Å²) in [5.74, 6) is -2.92. The van der Waals surface area contributed by atoms with Gasteiger partial charge in [0.1, 0.15) is 46.1 Å². The largest absolute Gasteiger partial charge is 0.494 e. The number of fused-ring (bicyclic) bond motifs is 2. The van der Waals surface area contributed by atoms with Gasteiger partial charge in [-0.05, 0) is 62.1 Å². The van der Waals surface area contributed by atoms with E-state index in [1.165, 1.54) is 36.1 Å². The van der Waals surface area contributed by atoms with Crippen LogP contribution in [0.5, 0.6) is 11.5 Å². The Kier molecular flexibility index (Phi) is 6.61. The van der Waals surface area contributed by atoms with Crippen molar-refractivity contribution in [3.8, 4) is 22.8 Å². The SMILES string of the molecule is COc1cc(C(=O)NC[C@](O)(c2cc3c(c(-c4ccc(F)c(Cl)c4)n2)OC[C@]3(C)C(N)=O)C2CC2)cc2cn(C3(F)CC3)nc12. The van der Waals surface area contributed by atoms with Gasteiger partial charge in [0.25, 0.3) is 5.91 Å². The fourth-order valence-electron chi connectivity index (χ4n) is 5.90. The molecule has 2 atom stereocenters. The fraction of sp³-hybridized carbons (Fsp3) is 0.375. The Morgan fingerprint density at radius 2 is 2.02 bits per heavy atom. The minimum absolute atomic E-state index is 0.0479. The number of nitrogens with one attached hydrogen (secondary N) is 1. The van der Waals surface area contributed by atoms with E-state index in [1.54, 1.807) is 25.3 Å². The van der Waals surface area contributed by atoms with E-state index in [0.29, 0.717) is 53.5 Å². The number of amides is 2. The average Bonchev–Trinajstić information content (AvgIpc) is 3.94. The quantitative estimate of drug-likeness (QED) is 0.246. The van der Waals surface area contributed by atoms with Gasteiger partial charge in [0.15, 0.2) is 0 Å². The number of aromatic nitrogens is 3. The molecule has 2 amide bonds. The molecule has 2 fully saturated rings. The van der Waals surface area contributed by atoms with E-state index < -0.39 is 34.4 Å². The lowest BCUT2D eigenvalue weighted by Gasteiger charge is -2.30. The Bertz CT molecular complexity index is 1910. The number of halogens is 3. The van der Waals surface area contributed by atoms with Crippen molar-refractivity contribution in [2.24, 2.45) is 11.7 Å². The third-order valence-corrected chi connectivity index (χ3v) is 9.44. The number of hydrogen-bond acceptors (Lipinski definition) is 7. The first kappa shape index (κ1) is 29.4. The summed E-state index contributed by atoms with van der Waals surface area (Å²) in [6.45, 7) is 1.38. The number of primary amides is 1. The van der Waals surface area contributed by atoms with E-state index in [4.69, 9.17) is 31.8 Å². The Labute approximate surface area is 261 Å². The van der Waals surface area contributed by atoms with Gasteiger partial charge in [-0.1, -0.05) is 11.6 Å². The molecule has 13 heteroatoms. The van der Waals surface area contributed by atoms with Crippen LogP contribution in [0, 0.1) is 11.7 Å². The van der Waals surface area contributed by atoms with Crippen molar-refractivity contribution in [3.05, 3.63) is 70.3 Å². The second kappa shape index (κ2) is 10.1. The third-order valence-electron chi connectivity index (χ3n) is 9.15. The second-order valence-electron chi connectivity index (χ2n) is 12.3. The summed E-state index contributed by atoms with van der Waals surface area (Å²) in [7, 11) is 1.44. The number of aliphatic hydroxyl groups is 1. The number of carbonyl (C=O) groups excluding carboxylic acids is 2. The predicted molar refractivity (Wildman–Crippen MR) is 160 cm³/mol. The number of hydrogen-bond donors (Lipinski definition) is 3. The maximum Gasteiger partial charge on any atom is 0.251 e. The van der Waals surface area contributed by atoms with Gasteiger partial charge in [0, 0.05) is 41.1 Å². The molecule has 0 spiro atoms. The van der Waals surface area contributed by atoms with Crippen molar-refractivity contribution in [2.45, 2.75) is 49.4 Å². The van der Waals surface area contributed by atoms with Crippen molar-refractivity contribution in [1.82, 2.24) is 20.1 Å². The topological polar surface area (TPSA) is 142 Å². The molecule has 4 aromatic rings. The summed E-state index contributed by atoms with van der Waals surface area (Å²) in [4.78, 5) is 30.9. The molecule has 234 valence electrons. The first-order chi connectivity index (χ1) is 21.4. The normalized spacial score (nSPS) is 21.1. The Balaban J connectivity index is 1.25. The zero-order valence-corrected chi connectivity index (χ0v) is 25.3.